The van der Waals surface area contributed by atoms with Crippen molar-refractivity contribution in [3.8, 4) is 5.75 Å². The van der Waals surface area contributed by atoms with Gasteiger partial charge in [-0.2, -0.15) is 5.10 Å². The van der Waals surface area contributed by atoms with E-state index >= 15 is 0 Å². The molecule has 0 spiro atoms. The summed E-state index contributed by atoms with van der Waals surface area (Å²) in [5, 5.41) is 11.7. The molecule has 2 aromatic carbocycles. The third-order valence-electron chi connectivity index (χ3n) is 5.80. The van der Waals surface area contributed by atoms with Crippen molar-refractivity contribution >= 4 is 16.8 Å². The minimum absolute atomic E-state index is 0.0903. The lowest BCUT2D eigenvalue weighted by molar-refractivity contribution is 0.240. The van der Waals surface area contributed by atoms with Gasteiger partial charge in [-0.15, -0.1) is 0 Å². The summed E-state index contributed by atoms with van der Waals surface area (Å²) in [4.78, 5) is 27.6. The van der Waals surface area contributed by atoms with E-state index in [9.17, 15) is 9.59 Å². The molecule has 2 N–H and O–H groups in total. The first kappa shape index (κ1) is 21.8. The number of rotatable bonds is 8. The molecule has 4 rings (SSSR count). The number of hydrogen-bond donors (Lipinski definition) is 2. The number of urea groups is 1. The molecule has 1 fully saturated rings. The molecule has 0 saturated carbocycles. The monoisotopic (exact) mass is 435 g/mol. The van der Waals surface area contributed by atoms with Crippen LogP contribution in [0.25, 0.3) is 10.8 Å². The number of fused-ring (bicyclic) bond motifs is 1. The van der Waals surface area contributed by atoms with Crippen molar-refractivity contribution in [3.05, 3.63) is 70.1 Å². The highest BCUT2D eigenvalue weighted by Crippen LogP contribution is 2.14. The summed E-state index contributed by atoms with van der Waals surface area (Å²) in [5.74, 6) is 0.774. The zero-order valence-electron chi connectivity index (χ0n) is 18.3. The van der Waals surface area contributed by atoms with Gasteiger partial charge in [-0.3, -0.25) is 4.79 Å². The molecule has 3 aromatic rings. The van der Waals surface area contributed by atoms with Crippen molar-refractivity contribution in [1.29, 1.82) is 0 Å². The van der Waals surface area contributed by atoms with Gasteiger partial charge < -0.3 is 20.3 Å². The zero-order valence-corrected chi connectivity index (χ0v) is 18.3. The molecule has 1 aromatic heterocycles. The van der Waals surface area contributed by atoms with Crippen molar-refractivity contribution in [1.82, 2.24) is 25.3 Å². The standard InChI is InChI=1S/C24H29N5O3/c1-32-19-10-8-18(9-11-19)16-25-24(31)26-17-22-20-6-2-3-7-21(20)23(30)29(27-22)15-14-28-12-4-5-13-28/h2-3,6-11H,4-5,12-17H2,1H3,(H2,25,26,31). The van der Waals surface area contributed by atoms with E-state index < -0.39 is 0 Å². The van der Waals surface area contributed by atoms with Gasteiger partial charge in [0.2, 0.25) is 0 Å². The number of carbonyl (C=O) groups excluding carboxylic acids is 1. The Morgan fingerprint density at radius 1 is 0.969 bits per heavy atom. The highest BCUT2D eigenvalue weighted by atomic mass is 16.5. The molecule has 0 aliphatic carbocycles. The first-order valence-corrected chi connectivity index (χ1v) is 11.0. The second-order valence-electron chi connectivity index (χ2n) is 7.95. The van der Waals surface area contributed by atoms with Crippen molar-refractivity contribution in [2.24, 2.45) is 0 Å². The highest BCUT2D eigenvalue weighted by Gasteiger charge is 2.14. The number of nitrogens with zero attached hydrogens (tertiary/aromatic N) is 3. The Bertz CT molecular complexity index is 1120. The summed E-state index contributed by atoms with van der Waals surface area (Å²) in [6.07, 6.45) is 2.42. The van der Waals surface area contributed by atoms with E-state index in [0.717, 1.165) is 36.3 Å². The summed E-state index contributed by atoms with van der Waals surface area (Å²) in [6, 6.07) is 14.7. The van der Waals surface area contributed by atoms with Gasteiger partial charge in [-0.05, 0) is 49.7 Å². The Hall–Kier alpha value is -3.39. The van der Waals surface area contributed by atoms with Crippen molar-refractivity contribution in [2.75, 3.05) is 26.7 Å². The van der Waals surface area contributed by atoms with Crippen LogP contribution >= 0.6 is 0 Å². The molecule has 8 nitrogen and oxygen atoms in total. The van der Waals surface area contributed by atoms with Crippen LogP contribution in [0, 0.1) is 0 Å². The van der Waals surface area contributed by atoms with Gasteiger partial charge in [0.05, 0.1) is 31.3 Å². The van der Waals surface area contributed by atoms with Crippen LogP contribution in [0.3, 0.4) is 0 Å². The van der Waals surface area contributed by atoms with Gasteiger partial charge in [0, 0.05) is 18.5 Å². The quantitative estimate of drug-likeness (QED) is 0.568. The number of methoxy groups -OCH3 is 1. The van der Waals surface area contributed by atoms with Gasteiger partial charge in [0.1, 0.15) is 5.75 Å². The van der Waals surface area contributed by atoms with E-state index in [0.29, 0.717) is 24.2 Å². The Labute approximate surface area is 187 Å². The zero-order chi connectivity index (χ0) is 22.3. The molecule has 1 aliphatic heterocycles. The number of amides is 2. The SMILES string of the molecule is COc1ccc(CNC(=O)NCc2nn(CCN3CCCC3)c(=O)c3ccccc23)cc1. The van der Waals surface area contributed by atoms with E-state index in [4.69, 9.17) is 4.74 Å². The second kappa shape index (κ2) is 10.3. The first-order chi connectivity index (χ1) is 15.6. The van der Waals surface area contributed by atoms with Crippen LogP contribution in [-0.4, -0.2) is 47.5 Å². The van der Waals surface area contributed by atoms with Crippen LogP contribution in [0.15, 0.2) is 53.3 Å². The minimum atomic E-state index is -0.290. The number of hydrogen-bond acceptors (Lipinski definition) is 5. The van der Waals surface area contributed by atoms with Crippen LogP contribution in [-0.2, 0) is 19.6 Å². The van der Waals surface area contributed by atoms with E-state index in [1.807, 2.05) is 48.5 Å². The number of benzene rings is 2. The number of nitrogens with one attached hydrogen (secondary N) is 2. The maximum Gasteiger partial charge on any atom is 0.315 e. The van der Waals surface area contributed by atoms with Crippen LogP contribution < -0.4 is 20.9 Å². The van der Waals surface area contributed by atoms with Crippen LogP contribution in [0.5, 0.6) is 5.75 Å². The largest absolute Gasteiger partial charge is 0.497 e. The summed E-state index contributed by atoms with van der Waals surface area (Å²) < 4.78 is 6.68. The third kappa shape index (κ3) is 5.26. The van der Waals surface area contributed by atoms with E-state index in [2.05, 4.69) is 20.6 Å². The molecule has 0 radical (unpaired) electrons. The maximum absolute atomic E-state index is 12.9. The Morgan fingerprint density at radius 2 is 1.66 bits per heavy atom. The van der Waals surface area contributed by atoms with Gasteiger partial charge in [-0.1, -0.05) is 30.3 Å². The average Bonchev–Trinajstić information content (AvgIpc) is 3.36. The third-order valence-corrected chi connectivity index (χ3v) is 5.80. The molecule has 0 atom stereocenters. The Balaban J connectivity index is 1.42. The number of carbonyl (C=O) groups is 1. The van der Waals surface area contributed by atoms with E-state index in [1.54, 1.807) is 7.11 Å². The lowest BCUT2D eigenvalue weighted by Gasteiger charge is -2.16. The number of ether oxygens (including phenoxy) is 1. The topological polar surface area (TPSA) is 88.5 Å². The fourth-order valence-corrected chi connectivity index (χ4v) is 3.98. The van der Waals surface area contributed by atoms with Gasteiger partial charge >= 0.3 is 6.03 Å². The summed E-state index contributed by atoms with van der Waals surface area (Å²) >= 11 is 0. The number of likely N-dealkylation sites (tertiary alicyclic amines) is 1. The molecule has 1 saturated heterocycles. The fraction of sp³-hybridized carbons (Fsp3) is 0.375. The molecule has 2 amide bonds. The molecular formula is C24H29N5O3. The highest BCUT2D eigenvalue weighted by molar-refractivity contribution is 5.84. The predicted octanol–water partition coefficient (Wildman–Crippen LogP) is 2.50. The maximum atomic E-state index is 12.9. The Morgan fingerprint density at radius 3 is 2.38 bits per heavy atom. The lowest BCUT2D eigenvalue weighted by Crippen LogP contribution is -2.36. The van der Waals surface area contributed by atoms with Crippen molar-refractivity contribution in [3.63, 3.8) is 0 Å². The van der Waals surface area contributed by atoms with Crippen LogP contribution in [0.2, 0.25) is 0 Å². The molecular weight excluding hydrogens is 406 g/mol. The second-order valence-corrected chi connectivity index (χ2v) is 7.95. The summed E-state index contributed by atoms with van der Waals surface area (Å²) in [7, 11) is 1.62. The molecule has 0 unspecified atom stereocenters. The summed E-state index contributed by atoms with van der Waals surface area (Å²) in [6.45, 7) is 4.13. The molecule has 1 aliphatic rings. The van der Waals surface area contributed by atoms with E-state index in [-0.39, 0.29) is 18.1 Å². The van der Waals surface area contributed by atoms with Crippen LogP contribution in [0.4, 0.5) is 4.79 Å². The Kier molecular flexibility index (Phi) is 7.01. The van der Waals surface area contributed by atoms with Gasteiger partial charge in [0.15, 0.2) is 0 Å². The molecule has 8 heteroatoms. The smallest absolute Gasteiger partial charge is 0.315 e. The van der Waals surface area contributed by atoms with Gasteiger partial charge in [0.25, 0.3) is 5.56 Å². The normalized spacial score (nSPS) is 13.9. The number of aromatic nitrogens is 2. The molecule has 168 valence electrons. The van der Waals surface area contributed by atoms with Crippen LogP contribution in [0.1, 0.15) is 24.1 Å². The van der Waals surface area contributed by atoms with E-state index in [1.165, 1.54) is 17.5 Å². The van der Waals surface area contributed by atoms with Crippen molar-refractivity contribution in [2.45, 2.75) is 32.5 Å². The average molecular weight is 436 g/mol. The first-order valence-electron chi connectivity index (χ1n) is 11.0. The van der Waals surface area contributed by atoms with Gasteiger partial charge in [-0.25, -0.2) is 9.48 Å². The fourth-order valence-electron chi connectivity index (χ4n) is 3.98. The predicted molar refractivity (Wildman–Crippen MR) is 124 cm³/mol. The summed E-state index contributed by atoms with van der Waals surface area (Å²) in [5.41, 5.74) is 1.56. The molecule has 2 heterocycles. The molecule has 32 heavy (non-hydrogen) atoms. The minimum Gasteiger partial charge on any atom is -0.497 e. The van der Waals surface area contributed by atoms with Crippen molar-refractivity contribution < 1.29 is 9.53 Å². The lowest BCUT2D eigenvalue weighted by atomic mass is 10.1. The molecule has 0 bridgehead atoms.